The fourth-order valence-electron chi connectivity index (χ4n) is 3.21. The Balaban J connectivity index is 2.58. The zero-order valence-corrected chi connectivity index (χ0v) is 19.3. The Labute approximate surface area is 186 Å². The molecule has 2 atom stereocenters. The monoisotopic (exact) mass is 434 g/mol. The van der Waals surface area contributed by atoms with Crippen LogP contribution in [0.2, 0.25) is 0 Å². The van der Waals surface area contributed by atoms with Gasteiger partial charge < -0.3 is 20.1 Å². The second kappa shape index (κ2) is 15.3. The van der Waals surface area contributed by atoms with Crippen LogP contribution in [0, 0.1) is 5.92 Å². The van der Waals surface area contributed by atoms with E-state index in [2.05, 4.69) is 17.6 Å². The molecule has 0 aliphatic rings. The predicted molar refractivity (Wildman–Crippen MR) is 120 cm³/mol. The highest BCUT2D eigenvalue weighted by Crippen LogP contribution is 2.11. The molecule has 7 heteroatoms. The zero-order valence-electron chi connectivity index (χ0n) is 19.3. The van der Waals surface area contributed by atoms with Crippen molar-refractivity contribution in [3.63, 3.8) is 0 Å². The fraction of sp³-hybridized carbons (Fsp3) is 0.625. The molecule has 0 saturated heterocycles. The molecule has 0 fully saturated rings. The van der Waals surface area contributed by atoms with Crippen molar-refractivity contribution < 1.29 is 23.9 Å². The van der Waals surface area contributed by atoms with Crippen LogP contribution in [0.5, 0.6) is 0 Å². The van der Waals surface area contributed by atoms with Crippen molar-refractivity contribution in [2.45, 2.75) is 84.4 Å². The fourth-order valence-corrected chi connectivity index (χ4v) is 3.21. The summed E-state index contributed by atoms with van der Waals surface area (Å²) < 4.78 is 10.1. The number of unbranched alkanes of at least 4 members (excludes halogenated alkanes) is 5. The molecule has 1 rings (SSSR count). The molecule has 0 bridgehead atoms. The van der Waals surface area contributed by atoms with E-state index in [4.69, 9.17) is 9.47 Å². The molecular weight excluding hydrogens is 396 g/mol. The molecular formula is C24H38N2O5. The summed E-state index contributed by atoms with van der Waals surface area (Å²) in [4.78, 5) is 37.2. The SMILES string of the molecule is CCCCCCCC[C@H](NC(=O)[C@@H](NC(=O)OCc1ccccc1)C(C)C)C(=O)OC. The molecule has 7 nitrogen and oxygen atoms in total. The van der Waals surface area contributed by atoms with E-state index < -0.39 is 30.1 Å². The number of rotatable bonds is 14. The van der Waals surface area contributed by atoms with E-state index in [1.165, 1.54) is 26.4 Å². The zero-order chi connectivity index (χ0) is 23.1. The molecule has 0 radical (unpaired) electrons. The van der Waals surface area contributed by atoms with Crippen LogP contribution in [-0.4, -0.2) is 37.2 Å². The van der Waals surface area contributed by atoms with E-state index in [9.17, 15) is 14.4 Å². The molecule has 0 saturated carbocycles. The Morgan fingerprint density at radius 2 is 1.58 bits per heavy atom. The standard InChI is InChI=1S/C24H38N2O5/c1-5-6-7-8-9-13-16-20(23(28)30-4)25-22(27)21(18(2)3)26-24(29)31-17-19-14-11-10-12-15-19/h10-12,14-15,18,20-21H,5-9,13,16-17H2,1-4H3,(H,25,27)(H,26,29)/t20-,21-/m0/s1. The molecule has 0 unspecified atom stereocenters. The van der Waals surface area contributed by atoms with Crippen molar-refractivity contribution in [1.29, 1.82) is 0 Å². The van der Waals surface area contributed by atoms with Gasteiger partial charge in [-0.15, -0.1) is 0 Å². The molecule has 31 heavy (non-hydrogen) atoms. The van der Waals surface area contributed by atoms with Crippen LogP contribution in [0.25, 0.3) is 0 Å². The van der Waals surface area contributed by atoms with Gasteiger partial charge in [-0.3, -0.25) is 4.79 Å². The summed E-state index contributed by atoms with van der Waals surface area (Å²) in [5.41, 5.74) is 0.855. The van der Waals surface area contributed by atoms with Gasteiger partial charge in [-0.05, 0) is 17.9 Å². The van der Waals surface area contributed by atoms with Crippen LogP contribution in [0.1, 0.15) is 71.3 Å². The van der Waals surface area contributed by atoms with E-state index in [0.717, 1.165) is 24.8 Å². The highest BCUT2D eigenvalue weighted by molar-refractivity contribution is 5.89. The van der Waals surface area contributed by atoms with Crippen LogP contribution in [0.4, 0.5) is 4.79 Å². The van der Waals surface area contributed by atoms with Crippen molar-refractivity contribution in [3.05, 3.63) is 35.9 Å². The second-order valence-electron chi connectivity index (χ2n) is 8.07. The largest absolute Gasteiger partial charge is 0.467 e. The average molecular weight is 435 g/mol. The third kappa shape index (κ3) is 10.9. The lowest BCUT2D eigenvalue weighted by Crippen LogP contribution is -2.53. The lowest BCUT2D eigenvalue weighted by atomic mass is 10.0. The van der Waals surface area contributed by atoms with Crippen molar-refractivity contribution in [1.82, 2.24) is 10.6 Å². The van der Waals surface area contributed by atoms with Gasteiger partial charge in [-0.25, -0.2) is 9.59 Å². The Morgan fingerprint density at radius 1 is 0.935 bits per heavy atom. The highest BCUT2D eigenvalue weighted by atomic mass is 16.5. The normalized spacial score (nSPS) is 12.7. The minimum atomic E-state index is -0.819. The molecule has 0 spiro atoms. The van der Waals surface area contributed by atoms with Crippen molar-refractivity contribution in [3.8, 4) is 0 Å². The number of carbonyl (C=O) groups is 3. The first-order valence-electron chi connectivity index (χ1n) is 11.2. The molecule has 0 heterocycles. The second-order valence-corrected chi connectivity index (χ2v) is 8.07. The Bertz CT molecular complexity index is 663. The Kier molecular flexibility index (Phi) is 13.0. The number of amides is 2. The van der Waals surface area contributed by atoms with Gasteiger partial charge in [0.2, 0.25) is 5.91 Å². The molecule has 1 aromatic carbocycles. The van der Waals surface area contributed by atoms with Gasteiger partial charge in [0.05, 0.1) is 7.11 Å². The first kappa shape index (κ1) is 26.5. The molecule has 0 aliphatic heterocycles. The van der Waals surface area contributed by atoms with Crippen LogP contribution in [-0.2, 0) is 25.7 Å². The van der Waals surface area contributed by atoms with Crippen LogP contribution >= 0.6 is 0 Å². The summed E-state index contributed by atoms with van der Waals surface area (Å²) >= 11 is 0. The third-order valence-electron chi connectivity index (χ3n) is 5.08. The Morgan fingerprint density at radius 3 is 2.19 bits per heavy atom. The van der Waals surface area contributed by atoms with Gasteiger partial charge in [-0.1, -0.05) is 89.6 Å². The van der Waals surface area contributed by atoms with Crippen LogP contribution in [0.15, 0.2) is 30.3 Å². The van der Waals surface area contributed by atoms with Gasteiger partial charge in [-0.2, -0.15) is 0 Å². The smallest absolute Gasteiger partial charge is 0.408 e. The first-order valence-corrected chi connectivity index (χ1v) is 11.2. The average Bonchev–Trinajstić information content (AvgIpc) is 2.77. The first-order chi connectivity index (χ1) is 14.9. The number of hydrogen-bond acceptors (Lipinski definition) is 5. The quantitative estimate of drug-likeness (QED) is 0.335. The van der Waals surface area contributed by atoms with Gasteiger partial charge in [0.25, 0.3) is 0 Å². The summed E-state index contributed by atoms with van der Waals surface area (Å²) in [7, 11) is 1.31. The van der Waals surface area contributed by atoms with Crippen molar-refractivity contribution >= 4 is 18.0 Å². The molecule has 0 aromatic heterocycles. The summed E-state index contributed by atoms with van der Waals surface area (Å²) in [6, 6.07) is 7.75. The lowest BCUT2D eigenvalue weighted by molar-refractivity contribution is -0.145. The van der Waals surface area contributed by atoms with E-state index in [1.54, 1.807) is 0 Å². The number of methoxy groups -OCH3 is 1. The summed E-state index contributed by atoms with van der Waals surface area (Å²) in [5, 5.41) is 5.36. The van der Waals surface area contributed by atoms with E-state index >= 15 is 0 Å². The molecule has 174 valence electrons. The summed E-state index contributed by atoms with van der Waals surface area (Å²) in [6.45, 7) is 5.92. The summed E-state index contributed by atoms with van der Waals surface area (Å²) in [5.74, 6) is -1.08. The van der Waals surface area contributed by atoms with Crippen LogP contribution in [0.3, 0.4) is 0 Å². The number of alkyl carbamates (subject to hydrolysis) is 1. The number of benzene rings is 1. The maximum Gasteiger partial charge on any atom is 0.408 e. The minimum Gasteiger partial charge on any atom is -0.467 e. The number of carbonyl (C=O) groups excluding carboxylic acids is 3. The van der Waals surface area contributed by atoms with E-state index in [1.807, 2.05) is 44.2 Å². The van der Waals surface area contributed by atoms with E-state index in [-0.39, 0.29) is 12.5 Å². The van der Waals surface area contributed by atoms with Crippen molar-refractivity contribution in [2.75, 3.05) is 7.11 Å². The van der Waals surface area contributed by atoms with E-state index in [0.29, 0.717) is 6.42 Å². The maximum absolute atomic E-state index is 12.8. The maximum atomic E-state index is 12.8. The topological polar surface area (TPSA) is 93.7 Å². The predicted octanol–water partition coefficient (Wildman–Crippen LogP) is 4.35. The number of hydrogen-bond donors (Lipinski definition) is 2. The van der Waals surface area contributed by atoms with Gasteiger partial charge >= 0.3 is 12.1 Å². The number of ether oxygens (including phenoxy) is 2. The van der Waals surface area contributed by atoms with Gasteiger partial charge in [0.1, 0.15) is 18.7 Å². The van der Waals surface area contributed by atoms with Gasteiger partial charge in [0, 0.05) is 0 Å². The summed E-state index contributed by atoms with van der Waals surface area (Å²) in [6.07, 6.45) is 6.33. The molecule has 1 aromatic rings. The minimum absolute atomic E-state index is 0.113. The molecule has 2 amide bonds. The number of nitrogens with one attached hydrogen (secondary N) is 2. The number of esters is 1. The lowest BCUT2D eigenvalue weighted by Gasteiger charge is -2.24. The van der Waals surface area contributed by atoms with Crippen molar-refractivity contribution in [2.24, 2.45) is 5.92 Å². The third-order valence-corrected chi connectivity index (χ3v) is 5.08. The van der Waals surface area contributed by atoms with Crippen LogP contribution < -0.4 is 10.6 Å². The Hall–Kier alpha value is -2.57. The molecule has 0 aliphatic carbocycles. The highest BCUT2D eigenvalue weighted by Gasteiger charge is 2.29. The van der Waals surface area contributed by atoms with Gasteiger partial charge in [0.15, 0.2) is 0 Å². The molecule has 2 N–H and O–H groups in total.